The van der Waals surface area contributed by atoms with Crippen LogP contribution < -0.4 is 14.8 Å². The molecule has 4 nitrogen and oxygen atoms in total. The van der Waals surface area contributed by atoms with E-state index in [0.717, 1.165) is 29.2 Å². The second-order valence-corrected chi connectivity index (χ2v) is 7.01. The molecule has 0 spiro atoms. The van der Waals surface area contributed by atoms with Crippen LogP contribution in [-0.4, -0.2) is 13.0 Å². The van der Waals surface area contributed by atoms with E-state index in [0.29, 0.717) is 12.5 Å². The molecule has 1 saturated carbocycles. The second kappa shape index (κ2) is 8.17. The molecule has 0 aliphatic heterocycles. The summed E-state index contributed by atoms with van der Waals surface area (Å²) >= 11 is 0. The number of methoxy groups -OCH3 is 1. The molecule has 142 valence electrons. The van der Waals surface area contributed by atoms with Crippen molar-refractivity contribution in [1.29, 1.82) is 0 Å². The van der Waals surface area contributed by atoms with E-state index in [9.17, 15) is 4.79 Å². The van der Waals surface area contributed by atoms with Gasteiger partial charge >= 0.3 is 0 Å². The third kappa shape index (κ3) is 4.34. The van der Waals surface area contributed by atoms with Crippen LogP contribution in [0, 0.1) is 5.92 Å². The van der Waals surface area contributed by atoms with E-state index in [4.69, 9.17) is 9.47 Å². The molecular formula is C24H23NO3. The first kappa shape index (κ1) is 18.1. The smallest absolute Gasteiger partial charge is 0.228 e. The lowest BCUT2D eigenvalue weighted by atomic mass is 10.1. The molecule has 4 heteroatoms. The topological polar surface area (TPSA) is 47.6 Å². The summed E-state index contributed by atoms with van der Waals surface area (Å²) in [5, 5.41) is 3.01. The van der Waals surface area contributed by atoms with Crippen molar-refractivity contribution in [2.45, 2.75) is 18.9 Å². The number of carbonyl (C=O) groups excluding carboxylic acids is 1. The molecule has 1 amide bonds. The molecule has 1 aliphatic carbocycles. The van der Waals surface area contributed by atoms with E-state index in [-0.39, 0.29) is 11.8 Å². The molecule has 2 atom stereocenters. The van der Waals surface area contributed by atoms with Gasteiger partial charge in [0.25, 0.3) is 0 Å². The predicted molar refractivity (Wildman–Crippen MR) is 110 cm³/mol. The Balaban J connectivity index is 1.29. The van der Waals surface area contributed by atoms with Crippen LogP contribution in [0.4, 0.5) is 5.69 Å². The van der Waals surface area contributed by atoms with Crippen molar-refractivity contribution in [3.05, 3.63) is 90.0 Å². The minimum atomic E-state index is 0.0300. The second-order valence-electron chi connectivity index (χ2n) is 7.01. The molecule has 0 bridgehead atoms. The quantitative estimate of drug-likeness (QED) is 0.633. The highest BCUT2D eigenvalue weighted by Gasteiger charge is 2.43. The summed E-state index contributed by atoms with van der Waals surface area (Å²) in [4.78, 5) is 12.5. The molecule has 1 fully saturated rings. The highest BCUT2D eigenvalue weighted by Crippen LogP contribution is 2.48. The SMILES string of the molecule is COc1ccc(C2CC2C(=O)Nc2ccc(OCc3ccccc3)cc2)cc1. The van der Waals surface area contributed by atoms with Crippen molar-refractivity contribution in [3.63, 3.8) is 0 Å². The molecule has 4 rings (SSSR count). The molecule has 0 heterocycles. The van der Waals surface area contributed by atoms with Gasteiger partial charge in [0, 0.05) is 11.6 Å². The van der Waals surface area contributed by atoms with Crippen LogP contribution in [0.3, 0.4) is 0 Å². The normalized spacial score (nSPS) is 17.6. The Bertz CT molecular complexity index is 920. The minimum Gasteiger partial charge on any atom is -0.497 e. The van der Waals surface area contributed by atoms with E-state index in [1.165, 1.54) is 5.56 Å². The summed E-state index contributed by atoms with van der Waals surface area (Å²) in [7, 11) is 1.65. The standard InChI is InChI=1S/C24H23NO3/c1-27-20-11-7-18(8-12-20)22-15-23(22)24(26)25-19-9-13-21(14-10-19)28-16-17-5-3-2-4-6-17/h2-14,22-23H,15-16H2,1H3,(H,25,26). The average Bonchev–Trinajstić information content (AvgIpc) is 3.55. The number of hydrogen-bond donors (Lipinski definition) is 1. The van der Waals surface area contributed by atoms with Gasteiger partial charge in [0.2, 0.25) is 5.91 Å². The zero-order valence-electron chi connectivity index (χ0n) is 15.8. The van der Waals surface area contributed by atoms with Crippen LogP contribution in [0.5, 0.6) is 11.5 Å². The monoisotopic (exact) mass is 373 g/mol. The average molecular weight is 373 g/mol. The Morgan fingerprint density at radius 1 is 0.929 bits per heavy atom. The molecule has 1 N–H and O–H groups in total. The van der Waals surface area contributed by atoms with Gasteiger partial charge in [-0.2, -0.15) is 0 Å². The third-order valence-corrected chi connectivity index (χ3v) is 5.04. The number of benzene rings is 3. The Morgan fingerprint density at radius 2 is 1.61 bits per heavy atom. The Labute approximate surface area is 165 Å². The van der Waals surface area contributed by atoms with Gasteiger partial charge in [-0.15, -0.1) is 0 Å². The van der Waals surface area contributed by atoms with Crippen LogP contribution in [0.25, 0.3) is 0 Å². The third-order valence-electron chi connectivity index (χ3n) is 5.04. The van der Waals surface area contributed by atoms with Gasteiger partial charge in [-0.3, -0.25) is 4.79 Å². The number of hydrogen-bond acceptors (Lipinski definition) is 3. The molecule has 0 saturated heterocycles. The fourth-order valence-corrected chi connectivity index (χ4v) is 3.31. The maximum atomic E-state index is 12.5. The van der Waals surface area contributed by atoms with E-state index in [1.807, 2.05) is 78.9 Å². The van der Waals surface area contributed by atoms with Gasteiger partial charge in [-0.1, -0.05) is 42.5 Å². The number of anilines is 1. The van der Waals surface area contributed by atoms with Crippen LogP contribution in [-0.2, 0) is 11.4 Å². The predicted octanol–water partition coefficient (Wildman–Crippen LogP) is 5.02. The van der Waals surface area contributed by atoms with E-state index < -0.39 is 0 Å². The number of ether oxygens (including phenoxy) is 2. The number of carbonyl (C=O) groups is 1. The van der Waals surface area contributed by atoms with Crippen LogP contribution in [0.2, 0.25) is 0 Å². The molecule has 2 unspecified atom stereocenters. The van der Waals surface area contributed by atoms with E-state index in [1.54, 1.807) is 7.11 Å². The minimum absolute atomic E-state index is 0.0300. The van der Waals surface area contributed by atoms with Crippen molar-refractivity contribution in [3.8, 4) is 11.5 Å². The zero-order chi connectivity index (χ0) is 19.3. The van der Waals surface area contributed by atoms with Crippen LogP contribution in [0.15, 0.2) is 78.9 Å². The molecule has 28 heavy (non-hydrogen) atoms. The summed E-state index contributed by atoms with van der Waals surface area (Å²) in [6.45, 7) is 0.526. The molecular weight excluding hydrogens is 350 g/mol. The first-order valence-electron chi connectivity index (χ1n) is 9.44. The van der Waals surface area contributed by atoms with E-state index in [2.05, 4.69) is 5.32 Å². The molecule has 3 aromatic rings. The lowest BCUT2D eigenvalue weighted by Gasteiger charge is -2.09. The van der Waals surface area contributed by atoms with Crippen molar-refractivity contribution < 1.29 is 14.3 Å². The highest BCUT2D eigenvalue weighted by molar-refractivity contribution is 5.95. The van der Waals surface area contributed by atoms with Crippen molar-refractivity contribution in [2.75, 3.05) is 12.4 Å². The maximum Gasteiger partial charge on any atom is 0.228 e. The van der Waals surface area contributed by atoms with Crippen LogP contribution >= 0.6 is 0 Å². The first-order chi connectivity index (χ1) is 13.7. The molecule has 1 aliphatic rings. The van der Waals surface area contributed by atoms with Gasteiger partial charge in [-0.25, -0.2) is 0 Å². The van der Waals surface area contributed by atoms with Gasteiger partial charge in [0.1, 0.15) is 18.1 Å². The van der Waals surface area contributed by atoms with Gasteiger partial charge < -0.3 is 14.8 Å². The Hall–Kier alpha value is -3.27. The Morgan fingerprint density at radius 3 is 2.29 bits per heavy atom. The molecule has 3 aromatic carbocycles. The summed E-state index contributed by atoms with van der Waals surface area (Å²) < 4.78 is 11.0. The van der Waals surface area contributed by atoms with Crippen molar-refractivity contribution in [1.82, 2.24) is 0 Å². The van der Waals surface area contributed by atoms with Crippen molar-refractivity contribution in [2.24, 2.45) is 5.92 Å². The lowest BCUT2D eigenvalue weighted by Crippen LogP contribution is -2.14. The summed E-state index contributed by atoms with van der Waals surface area (Å²) in [5.41, 5.74) is 3.10. The fourth-order valence-electron chi connectivity index (χ4n) is 3.31. The molecule has 0 radical (unpaired) electrons. The van der Waals surface area contributed by atoms with Crippen molar-refractivity contribution >= 4 is 11.6 Å². The summed E-state index contributed by atoms with van der Waals surface area (Å²) in [6.07, 6.45) is 0.885. The van der Waals surface area contributed by atoms with Crippen LogP contribution in [0.1, 0.15) is 23.5 Å². The summed E-state index contributed by atoms with van der Waals surface area (Å²) in [5.74, 6) is 2.00. The number of nitrogens with one attached hydrogen (secondary N) is 1. The maximum absolute atomic E-state index is 12.5. The highest BCUT2D eigenvalue weighted by atomic mass is 16.5. The fraction of sp³-hybridized carbons (Fsp3) is 0.208. The Kier molecular flexibility index (Phi) is 5.29. The lowest BCUT2D eigenvalue weighted by molar-refractivity contribution is -0.117. The van der Waals surface area contributed by atoms with Gasteiger partial charge in [0.05, 0.1) is 7.11 Å². The van der Waals surface area contributed by atoms with Gasteiger partial charge in [0.15, 0.2) is 0 Å². The summed E-state index contributed by atoms with van der Waals surface area (Å²) in [6, 6.07) is 25.5. The first-order valence-corrected chi connectivity index (χ1v) is 9.44. The van der Waals surface area contributed by atoms with Gasteiger partial charge in [-0.05, 0) is 59.9 Å². The van der Waals surface area contributed by atoms with E-state index >= 15 is 0 Å². The largest absolute Gasteiger partial charge is 0.497 e. The molecule has 0 aromatic heterocycles. The number of amides is 1. The zero-order valence-corrected chi connectivity index (χ0v) is 15.8. The number of rotatable bonds is 7.